The molecule has 2 nitrogen and oxygen atoms in total. The fourth-order valence-electron chi connectivity index (χ4n) is 1.78. The minimum Gasteiger partial charge on any atom is -0.497 e. The molecular formula is C17H19NOSi. The van der Waals surface area contributed by atoms with Gasteiger partial charge in [0.15, 0.2) is 0 Å². The molecule has 0 amide bonds. The quantitative estimate of drug-likeness (QED) is 0.774. The van der Waals surface area contributed by atoms with E-state index in [2.05, 4.69) is 37.8 Å². The summed E-state index contributed by atoms with van der Waals surface area (Å²) >= 11 is 0. The summed E-state index contributed by atoms with van der Waals surface area (Å²) in [5.74, 6) is 0.921. The molecular weight excluding hydrogens is 262 g/mol. The first-order chi connectivity index (χ1) is 9.48. The molecule has 0 saturated heterocycles. The summed E-state index contributed by atoms with van der Waals surface area (Å²) < 4.78 is 5.82. The lowest BCUT2D eigenvalue weighted by Crippen LogP contribution is -2.29. The molecule has 0 saturated carbocycles. The van der Waals surface area contributed by atoms with Crippen molar-refractivity contribution in [1.29, 1.82) is 5.26 Å². The van der Waals surface area contributed by atoms with Crippen LogP contribution >= 0.6 is 0 Å². The minimum atomic E-state index is -1.18. The van der Waals surface area contributed by atoms with Gasteiger partial charge in [-0.15, -0.1) is 0 Å². The van der Waals surface area contributed by atoms with E-state index in [4.69, 9.17) is 10.00 Å². The van der Waals surface area contributed by atoms with E-state index in [1.54, 1.807) is 0 Å². The Labute approximate surface area is 121 Å². The van der Waals surface area contributed by atoms with Crippen molar-refractivity contribution in [3.8, 4) is 22.9 Å². The maximum atomic E-state index is 8.80. The highest BCUT2D eigenvalue weighted by atomic mass is 28.3. The van der Waals surface area contributed by atoms with Crippen molar-refractivity contribution in [3.63, 3.8) is 0 Å². The van der Waals surface area contributed by atoms with E-state index in [0.717, 1.165) is 23.1 Å². The number of hydrogen-bond donors (Lipinski definition) is 0. The Morgan fingerprint density at radius 3 is 1.85 bits per heavy atom. The fraction of sp³-hybridized carbons (Fsp3) is 0.235. The molecule has 0 heterocycles. The first-order valence-electron chi connectivity index (χ1n) is 6.71. The number of nitrogens with zero attached hydrogens (tertiary/aromatic N) is 1. The van der Waals surface area contributed by atoms with E-state index in [1.807, 2.05) is 36.4 Å². The second-order valence-electron chi connectivity index (χ2n) is 6.06. The summed E-state index contributed by atoms with van der Waals surface area (Å²) in [6, 6.07) is 17.9. The lowest BCUT2D eigenvalue weighted by Gasteiger charge is -2.16. The highest BCUT2D eigenvalue weighted by Gasteiger charge is 2.13. The minimum absolute atomic E-state index is 0.684. The molecule has 0 radical (unpaired) electrons. The summed E-state index contributed by atoms with van der Waals surface area (Å²) in [4.78, 5) is 0. The molecule has 0 aliphatic heterocycles. The Hall–Kier alpha value is -2.05. The summed E-state index contributed by atoms with van der Waals surface area (Å²) in [6.45, 7) is 6.87. The molecule has 0 fully saturated rings. The standard InChI is InChI=1S/C17H19NOSi/c1-20(2,3)13-19-17-10-8-16(9-11-17)15-6-4-14(12-18)5-7-15/h4-11H,13H2,1-3H3. The summed E-state index contributed by atoms with van der Waals surface area (Å²) in [5.41, 5.74) is 2.93. The maximum Gasteiger partial charge on any atom is 0.118 e. The van der Waals surface area contributed by atoms with Crippen molar-refractivity contribution in [2.24, 2.45) is 0 Å². The zero-order valence-electron chi connectivity index (χ0n) is 12.2. The molecule has 0 atom stereocenters. The second-order valence-corrected chi connectivity index (χ2v) is 11.5. The van der Waals surface area contributed by atoms with Crippen LogP contribution in [0.4, 0.5) is 0 Å². The topological polar surface area (TPSA) is 33.0 Å². The number of hydrogen-bond acceptors (Lipinski definition) is 2. The predicted molar refractivity (Wildman–Crippen MR) is 85.4 cm³/mol. The predicted octanol–water partition coefficient (Wildman–Crippen LogP) is 4.48. The zero-order chi connectivity index (χ0) is 14.6. The molecule has 0 aliphatic carbocycles. The van der Waals surface area contributed by atoms with Crippen LogP contribution < -0.4 is 4.74 Å². The van der Waals surface area contributed by atoms with Crippen LogP contribution in [-0.4, -0.2) is 14.3 Å². The van der Waals surface area contributed by atoms with Crippen molar-refractivity contribution in [1.82, 2.24) is 0 Å². The van der Waals surface area contributed by atoms with Gasteiger partial charge in [0.2, 0.25) is 0 Å². The van der Waals surface area contributed by atoms with Crippen molar-refractivity contribution in [3.05, 3.63) is 54.1 Å². The van der Waals surface area contributed by atoms with E-state index in [0.29, 0.717) is 5.56 Å². The van der Waals surface area contributed by atoms with Gasteiger partial charge in [0, 0.05) is 0 Å². The Kier molecular flexibility index (Phi) is 4.26. The van der Waals surface area contributed by atoms with Crippen molar-refractivity contribution < 1.29 is 4.74 Å². The third-order valence-electron chi connectivity index (χ3n) is 2.87. The molecule has 2 aromatic carbocycles. The van der Waals surface area contributed by atoms with Gasteiger partial charge in [-0.2, -0.15) is 5.26 Å². The van der Waals surface area contributed by atoms with E-state index >= 15 is 0 Å². The van der Waals surface area contributed by atoms with Crippen LogP contribution in [0.5, 0.6) is 5.75 Å². The van der Waals surface area contributed by atoms with Gasteiger partial charge in [-0.3, -0.25) is 0 Å². The Morgan fingerprint density at radius 2 is 1.40 bits per heavy atom. The van der Waals surface area contributed by atoms with E-state index in [9.17, 15) is 0 Å². The summed E-state index contributed by atoms with van der Waals surface area (Å²) in [6.07, 6.45) is 0.837. The molecule has 0 bridgehead atoms. The van der Waals surface area contributed by atoms with Crippen molar-refractivity contribution >= 4 is 8.07 Å². The van der Waals surface area contributed by atoms with Gasteiger partial charge >= 0.3 is 0 Å². The van der Waals surface area contributed by atoms with Crippen LogP contribution in [0.25, 0.3) is 11.1 Å². The zero-order valence-corrected chi connectivity index (χ0v) is 13.2. The van der Waals surface area contributed by atoms with Gasteiger partial charge in [-0.25, -0.2) is 0 Å². The van der Waals surface area contributed by atoms with Gasteiger partial charge in [0.05, 0.1) is 25.9 Å². The molecule has 2 aromatic rings. The van der Waals surface area contributed by atoms with Gasteiger partial charge < -0.3 is 4.74 Å². The first kappa shape index (κ1) is 14.4. The average Bonchev–Trinajstić information content (AvgIpc) is 2.45. The fourth-order valence-corrected chi connectivity index (χ4v) is 2.38. The Morgan fingerprint density at radius 1 is 0.900 bits per heavy atom. The van der Waals surface area contributed by atoms with Crippen molar-refractivity contribution in [2.45, 2.75) is 19.6 Å². The van der Waals surface area contributed by atoms with Crippen LogP contribution in [0.3, 0.4) is 0 Å². The largest absolute Gasteiger partial charge is 0.497 e. The number of ether oxygens (including phenoxy) is 1. The van der Waals surface area contributed by atoms with Gasteiger partial charge in [0.25, 0.3) is 0 Å². The molecule has 0 unspecified atom stereocenters. The average molecular weight is 281 g/mol. The monoisotopic (exact) mass is 281 g/mol. The van der Waals surface area contributed by atoms with Crippen LogP contribution in [0.2, 0.25) is 19.6 Å². The van der Waals surface area contributed by atoms with Gasteiger partial charge in [0.1, 0.15) is 5.75 Å². The molecule has 2 rings (SSSR count). The third-order valence-corrected chi connectivity index (χ3v) is 3.88. The molecule has 0 spiro atoms. The Balaban J connectivity index is 2.09. The van der Waals surface area contributed by atoms with Gasteiger partial charge in [-0.05, 0) is 35.4 Å². The van der Waals surface area contributed by atoms with Crippen LogP contribution in [0, 0.1) is 11.3 Å². The highest BCUT2D eigenvalue weighted by molar-refractivity contribution is 6.76. The van der Waals surface area contributed by atoms with E-state index < -0.39 is 8.07 Å². The smallest absolute Gasteiger partial charge is 0.118 e. The second kappa shape index (κ2) is 5.94. The molecule has 0 aromatic heterocycles. The summed E-state index contributed by atoms with van der Waals surface area (Å²) in [7, 11) is -1.18. The lowest BCUT2D eigenvalue weighted by molar-refractivity contribution is 0.378. The summed E-state index contributed by atoms with van der Waals surface area (Å²) in [5, 5.41) is 8.80. The third kappa shape index (κ3) is 3.97. The van der Waals surface area contributed by atoms with Crippen molar-refractivity contribution in [2.75, 3.05) is 6.23 Å². The van der Waals surface area contributed by atoms with E-state index in [-0.39, 0.29) is 0 Å². The van der Waals surface area contributed by atoms with Crippen LogP contribution in [0.15, 0.2) is 48.5 Å². The SMILES string of the molecule is C[Si](C)(C)COc1ccc(-c2ccc(C#N)cc2)cc1. The molecule has 102 valence electrons. The number of nitriles is 1. The Bertz CT molecular complexity index is 603. The molecule has 20 heavy (non-hydrogen) atoms. The molecule has 0 N–H and O–H groups in total. The van der Waals surface area contributed by atoms with Gasteiger partial charge in [-0.1, -0.05) is 43.9 Å². The normalized spacial score (nSPS) is 10.9. The van der Waals surface area contributed by atoms with E-state index in [1.165, 1.54) is 0 Å². The highest BCUT2D eigenvalue weighted by Crippen LogP contribution is 2.23. The number of rotatable bonds is 4. The molecule has 3 heteroatoms. The number of benzene rings is 2. The lowest BCUT2D eigenvalue weighted by atomic mass is 10.0. The maximum absolute atomic E-state index is 8.80. The van der Waals surface area contributed by atoms with Crippen LogP contribution in [0.1, 0.15) is 5.56 Å². The van der Waals surface area contributed by atoms with Crippen LogP contribution in [-0.2, 0) is 0 Å². The molecule has 0 aliphatic rings. The first-order valence-corrected chi connectivity index (χ1v) is 10.4.